The van der Waals surface area contributed by atoms with E-state index in [1.54, 1.807) is 29.2 Å². The molecule has 6 nitrogen and oxygen atoms in total. The third-order valence-corrected chi connectivity index (χ3v) is 5.92. The Bertz CT molecular complexity index is 1200. The molecule has 3 aromatic rings. The van der Waals surface area contributed by atoms with Crippen molar-refractivity contribution in [2.24, 2.45) is 0 Å². The summed E-state index contributed by atoms with van der Waals surface area (Å²) in [5.41, 5.74) is 4.36. The van der Waals surface area contributed by atoms with Gasteiger partial charge in [-0.3, -0.25) is 4.79 Å². The molecule has 0 bridgehead atoms. The first-order valence-corrected chi connectivity index (χ1v) is 11.3. The molecular weight excluding hydrogens is 435 g/mol. The number of fused-ring (bicyclic) bond motifs is 1. The molecule has 0 saturated heterocycles. The van der Waals surface area contributed by atoms with E-state index in [4.69, 9.17) is 4.74 Å². The number of nitrogens with one attached hydrogen (secondary N) is 1. The van der Waals surface area contributed by atoms with Crippen LogP contribution in [0, 0.1) is 5.82 Å². The van der Waals surface area contributed by atoms with Crippen LogP contribution in [0.1, 0.15) is 29.2 Å². The molecule has 4 rings (SSSR count). The lowest BCUT2D eigenvalue weighted by molar-refractivity contribution is -0.136. The molecule has 7 heteroatoms. The SMILES string of the molecule is CCOc1ccc(CC(=O)O)cc1-c1ccc(F)c2c1CN(C(=O)NCc1ccccc1)CC2. The molecule has 0 saturated carbocycles. The lowest BCUT2D eigenvalue weighted by atomic mass is 9.89. The van der Waals surface area contributed by atoms with Crippen molar-refractivity contribution in [1.29, 1.82) is 0 Å². The van der Waals surface area contributed by atoms with Gasteiger partial charge in [-0.25, -0.2) is 9.18 Å². The Balaban J connectivity index is 1.65. The average Bonchev–Trinajstić information content (AvgIpc) is 2.84. The van der Waals surface area contributed by atoms with Crippen LogP contribution < -0.4 is 10.1 Å². The summed E-state index contributed by atoms with van der Waals surface area (Å²) < 4.78 is 20.5. The highest BCUT2D eigenvalue weighted by atomic mass is 19.1. The Kier molecular flexibility index (Phi) is 7.11. The number of benzene rings is 3. The maximum absolute atomic E-state index is 14.7. The number of amides is 2. The molecule has 0 aromatic heterocycles. The van der Waals surface area contributed by atoms with E-state index < -0.39 is 5.97 Å². The van der Waals surface area contributed by atoms with Gasteiger partial charge in [-0.15, -0.1) is 0 Å². The van der Waals surface area contributed by atoms with Crippen molar-refractivity contribution < 1.29 is 23.8 Å². The predicted octanol–water partition coefficient (Wildman–Crippen LogP) is 4.79. The molecule has 176 valence electrons. The monoisotopic (exact) mass is 462 g/mol. The van der Waals surface area contributed by atoms with Crippen LogP contribution in [0.4, 0.5) is 9.18 Å². The Hall–Kier alpha value is -3.87. The van der Waals surface area contributed by atoms with Crippen molar-refractivity contribution in [1.82, 2.24) is 10.2 Å². The molecule has 0 unspecified atom stereocenters. The molecule has 0 atom stereocenters. The molecule has 3 aromatic carbocycles. The zero-order valence-electron chi connectivity index (χ0n) is 19.0. The minimum Gasteiger partial charge on any atom is -0.493 e. The molecule has 0 aliphatic carbocycles. The summed E-state index contributed by atoms with van der Waals surface area (Å²) in [4.78, 5) is 25.8. The number of ether oxygens (including phenoxy) is 1. The second-order valence-electron chi connectivity index (χ2n) is 8.20. The van der Waals surface area contributed by atoms with Crippen molar-refractivity contribution >= 4 is 12.0 Å². The summed E-state index contributed by atoms with van der Waals surface area (Å²) in [5, 5.41) is 12.2. The minimum absolute atomic E-state index is 0.128. The Morgan fingerprint density at radius 3 is 2.56 bits per heavy atom. The van der Waals surface area contributed by atoms with Crippen LogP contribution in [0.5, 0.6) is 5.75 Å². The fraction of sp³-hybridized carbons (Fsp3) is 0.259. The van der Waals surface area contributed by atoms with Crippen molar-refractivity contribution in [2.75, 3.05) is 13.2 Å². The van der Waals surface area contributed by atoms with Gasteiger partial charge in [0.25, 0.3) is 0 Å². The number of aliphatic carboxylic acids is 1. The van der Waals surface area contributed by atoms with E-state index >= 15 is 0 Å². The van der Waals surface area contributed by atoms with Gasteiger partial charge in [0.1, 0.15) is 11.6 Å². The highest BCUT2D eigenvalue weighted by molar-refractivity contribution is 5.79. The zero-order valence-corrected chi connectivity index (χ0v) is 19.0. The summed E-state index contributed by atoms with van der Waals surface area (Å²) in [6, 6.07) is 17.8. The zero-order chi connectivity index (χ0) is 24.1. The van der Waals surface area contributed by atoms with Crippen molar-refractivity contribution in [3.63, 3.8) is 0 Å². The first-order valence-electron chi connectivity index (χ1n) is 11.3. The minimum atomic E-state index is -0.933. The maximum atomic E-state index is 14.7. The van der Waals surface area contributed by atoms with Gasteiger partial charge in [-0.1, -0.05) is 42.5 Å². The highest BCUT2D eigenvalue weighted by Crippen LogP contribution is 2.38. The number of carboxylic acids is 1. The van der Waals surface area contributed by atoms with E-state index in [-0.39, 0.29) is 24.8 Å². The molecule has 2 amide bonds. The smallest absolute Gasteiger partial charge is 0.317 e. The molecule has 1 heterocycles. The molecule has 34 heavy (non-hydrogen) atoms. The number of rotatable bonds is 7. The number of hydrogen-bond acceptors (Lipinski definition) is 3. The molecule has 0 fully saturated rings. The fourth-order valence-corrected chi connectivity index (χ4v) is 4.30. The van der Waals surface area contributed by atoms with E-state index in [0.717, 1.165) is 16.7 Å². The van der Waals surface area contributed by atoms with Crippen LogP contribution in [0.2, 0.25) is 0 Å². The molecule has 1 aliphatic heterocycles. The quantitative estimate of drug-likeness (QED) is 0.529. The number of hydrogen-bond donors (Lipinski definition) is 2. The van der Waals surface area contributed by atoms with E-state index in [9.17, 15) is 19.1 Å². The van der Waals surface area contributed by atoms with Crippen LogP contribution in [0.3, 0.4) is 0 Å². The van der Waals surface area contributed by atoms with Crippen molar-refractivity contribution in [3.8, 4) is 16.9 Å². The van der Waals surface area contributed by atoms with Gasteiger partial charge >= 0.3 is 12.0 Å². The first kappa shape index (κ1) is 23.3. The Morgan fingerprint density at radius 1 is 1.03 bits per heavy atom. The van der Waals surface area contributed by atoms with Gasteiger partial charge in [0.05, 0.1) is 13.0 Å². The van der Waals surface area contributed by atoms with E-state index in [2.05, 4.69) is 5.32 Å². The van der Waals surface area contributed by atoms with E-state index in [0.29, 0.717) is 48.6 Å². The number of carbonyl (C=O) groups excluding carboxylic acids is 1. The van der Waals surface area contributed by atoms with Crippen LogP contribution in [-0.4, -0.2) is 35.2 Å². The topological polar surface area (TPSA) is 78.9 Å². The largest absolute Gasteiger partial charge is 0.493 e. The molecular formula is C27H27FN2O4. The summed E-state index contributed by atoms with van der Waals surface area (Å²) in [6.07, 6.45) is 0.267. The third kappa shape index (κ3) is 5.20. The van der Waals surface area contributed by atoms with Crippen LogP contribution >= 0.6 is 0 Å². The number of carboxylic acid groups (broad SMARTS) is 1. The van der Waals surface area contributed by atoms with E-state index in [1.165, 1.54) is 6.07 Å². The molecule has 0 spiro atoms. The Morgan fingerprint density at radius 2 is 1.82 bits per heavy atom. The lowest BCUT2D eigenvalue weighted by Crippen LogP contribution is -2.42. The van der Waals surface area contributed by atoms with Gasteiger partial charge in [-0.05, 0) is 59.4 Å². The maximum Gasteiger partial charge on any atom is 0.317 e. The molecule has 2 N–H and O–H groups in total. The Labute approximate surface area is 198 Å². The van der Waals surface area contributed by atoms with Gasteiger partial charge < -0.3 is 20.1 Å². The first-order chi connectivity index (χ1) is 16.5. The lowest BCUT2D eigenvalue weighted by Gasteiger charge is -2.31. The van der Waals surface area contributed by atoms with Crippen molar-refractivity contribution in [2.45, 2.75) is 32.9 Å². The van der Waals surface area contributed by atoms with Crippen LogP contribution in [-0.2, 0) is 30.7 Å². The number of carbonyl (C=O) groups is 2. The predicted molar refractivity (Wildman–Crippen MR) is 127 cm³/mol. The van der Waals surface area contributed by atoms with Gasteiger partial charge in [0.15, 0.2) is 0 Å². The second kappa shape index (κ2) is 10.4. The van der Waals surface area contributed by atoms with Crippen LogP contribution in [0.25, 0.3) is 11.1 Å². The summed E-state index contributed by atoms with van der Waals surface area (Å²) >= 11 is 0. The van der Waals surface area contributed by atoms with Crippen LogP contribution in [0.15, 0.2) is 60.7 Å². The normalized spacial score (nSPS) is 12.7. The summed E-state index contributed by atoms with van der Waals surface area (Å²) in [7, 11) is 0. The standard InChI is InChI=1S/C27H27FN2O4/c1-2-34-25-11-8-19(15-26(31)32)14-22(25)20-9-10-24(28)21-12-13-30(17-23(20)21)27(33)29-16-18-6-4-3-5-7-18/h3-11,14H,2,12-13,15-17H2,1H3,(H,29,33)(H,31,32). The average molecular weight is 463 g/mol. The summed E-state index contributed by atoms with van der Waals surface area (Å²) in [6.45, 7) is 3.37. The van der Waals surface area contributed by atoms with Gasteiger partial charge in [0, 0.05) is 25.2 Å². The van der Waals surface area contributed by atoms with E-state index in [1.807, 2.05) is 37.3 Å². The molecule has 0 radical (unpaired) electrons. The summed E-state index contributed by atoms with van der Waals surface area (Å²) in [5.74, 6) is -0.642. The fourth-order valence-electron chi connectivity index (χ4n) is 4.30. The van der Waals surface area contributed by atoms with Gasteiger partial charge in [-0.2, -0.15) is 0 Å². The molecule has 1 aliphatic rings. The second-order valence-corrected chi connectivity index (χ2v) is 8.20. The number of urea groups is 1. The van der Waals surface area contributed by atoms with Gasteiger partial charge in [0.2, 0.25) is 0 Å². The highest BCUT2D eigenvalue weighted by Gasteiger charge is 2.26. The number of nitrogens with zero attached hydrogens (tertiary/aromatic N) is 1. The number of halogens is 1. The van der Waals surface area contributed by atoms with Crippen molar-refractivity contribution in [3.05, 3.63) is 88.7 Å². The third-order valence-electron chi connectivity index (χ3n) is 5.92.